The number of anilines is 1. The summed E-state index contributed by atoms with van der Waals surface area (Å²) in [6, 6.07) is 10.8. The first-order valence-corrected chi connectivity index (χ1v) is 7.81. The molecule has 0 saturated carbocycles. The molecule has 124 valence electrons. The monoisotopic (exact) mass is 373 g/mol. The number of nitrogens with zero attached hydrogens (tertiary/aromatic N) is 2. The van der Waals surface area contributed by atoms with Crippen molar-refractivity contribution in [1.82, 2.24) is 4.90 Å². The average molecular weight is 374 g/mol. The summed E-state index contributed by atoms with van der Waals surface area (Å²) in [4.78, 5) is 37.6. The molecule has 0 fully saturated rings. The molecule has 8 heteroatoms. The number of nitrogens with one attached hydrogen (secondary N) is 1. The molecular formula is C17H9Cl2N3O3. The lowest BCUT2D eigenvalue weighted by molar-refractivity contribution is -0.116. The van der Waals surface area contributed by atoms with Crippen molar-refractivity contribution in [3.05, 3.63) is 63.1 Å². The van der Waals surface area contributed by atoms with E-state index in [1.54, 1.807) is 24.3 Å². The highest BCUT2D eigenvalue weighted by molar-refractivity contribution is 6.43. The molecule has 3 amide bonds. The number of nitriles is 1. The van der Waals surface area contributed by atoms with Gasteiger partial charge in [0, 0.05) is 5.69 Å². The molecule has 1 aliphatic heterocycles. The molecule has 0 radical (unpaired) electrons. The van der Waals surface area contributed by atoms with Gasteiger partial charge in [0.2, 0.25) is 5.91 Å². The second-order valence-electron chi connectivity index (χ2n) is 5.25. The summed E-state index contributed by atoms with van der Waals surface area (Å²) in [6.45, 7) is -0.443. The van der Waals surface area contributed by atoms with Gasteiger partial charge < -0.3 is 5.32 Å². The van der Waals surface area contributed by atoms with Gasteiger partial charge in [0.15, 0.2) is 0 Å². The summed E-state index contributed by atoms with van der Waals surface area (Å²) in [5, 5.41) is 11.6. The summed E-state index contributed by atoms with van der Waals surface area (Å²) in [6.07, 6.45) is 0. The van der Waals surface area contributed by atoms with Crippen molar-refractivity contribution in [1.29, 1.82) is 5.26 Å². The average Bonchev–Trinajstić information content (AvgIpc) is 2.81. The van der Waals surface area contributed by atoms with E-state index in [1.165, 1.54) is 12.1 Å². The van der Waals surface area contributed by atoms with E-state index in [4.69, 9.17) is 28.5 Å². The standard InChI is InChI=1S/C17H9Cl2N3O3/c18-13-5-11-12(6-14(13)19)17(25)22(16(11)24)8-15(23)21-10-3-1-9(7-20)2-4-10/h1-6H,8H2,(H,21,23). The number of amides is 3. The van der Waals surface area contributed by atoms with E-state index < -0.39 is 24.3 Å². The molecule has 2 aromatic rings. The lowest BCUT2D eigenvalue weighted by Gasteiger charge is -2.13. The number of carbonyl (C=O) groups excluding carboxylic acids is 3. The molecule has 1 heterocycles. The predicted molar refractivity (Wildman–Crippen MR) is 91.6 cm³/mol. The SMILES string of the molecule is N#Cc1ccc(NC(=O)CN2C(=O)c3cc(Cl)c(Cl)cc3C2=O)cc1. The maximum Gasteiger partial charge on any atom is 0.262 e. The minimum atomic E-state index is -0.603. The Morgan fingerprint density at radius 2 is 1.56 bits per heavy atom. The summed E-state index contributed by atoms with van der Waals surface area (Å²) in [7, 11) is 0. The molecule has 1 N–H and O–H groups in total. The normalized spacial score (nSPS) is 12.8. The van der Waals surface area contributed by atoms with E-state index in [0.29, 0.717) is 11.3 Å². The van der Waals surface area contributed by atoms with Gasteiger partial charge in [-0.15, -0.1) is 0 Å². The fraction of sp³-hybridized carbons (Fsp3) is 0.0588. The van der Waals surface area contributed by atoms with Crippen LogP contribution in [0.4, 0.5) is 5.69 Å². The number of rotatable bonds is 3. The second-order valence-corrected chi connectivity index (χ2v) is 6.06. The van der Waals surface area contributed by atoms with Crippen LogP contribution in [-0.2, 0) is 4.79 Å². The smallest absolute Gasteiger partial charge is 0.262 e. The molecule has 0 bridgehead atoms. The summed E-state index contributed by atoms with van der Waals surface area (Å²) in [5.74, 6) is -1.75. The van der Waals surface area contributed by atoms with Gasteiger partial charge >= 0.3 is 0 Å². The molecule has 0 saturated heterocycles. The van der Waals surface area contributed by atoms with Crippen LogP contribution < -0.4 is 5.32 Å². The van der Waals surface area contributed by atoms with Gasteiger partial charge in [-0.2, -0.15) is 5.26 Å². The van der Waals surface area contributed by atoms with E-state index in [2.05, 4.69) is 5.32 Å². The van der Waals surface area contributed by atoms with Crippen LogP contribution in [0.1, 0.15) is 26.3 Å². The van der Waals surface area contributed by atoms with Gasteiger partial charge in [0.05, 0.1) is 32.8 Å². The Kier molecular flexibility index (Phi) is 4.45. The Morgan fingerprint density at radius 3 is 2.04 bits per heavy atom. The number of benzene rings is 2. The Balaban J connectivity index is 1.75. The number of fused-ring (bicyclic) bond motifs is 1. The van der Waals surface area contributed by atoms with Crippen LogP contribution in [0.25, 0.3) is 0 Å². The minimum Gasteiger partial charge on any atom is -0.325 e. The molecule has 25 heavy (non-hydrogen) atoms. The van der Waals surface area contributed by atoms with Crippen molar-refractivity contribution in [2.24, 2.45) is 0 Å². The quantitative estimate of drug-likeness (QED) is 0.836. The first-order valence-electron chi connectivity index (χ1n) is 7.06. The molecular weight excluding hydrogens is 365 g/mol. The van der Waals surface area contributed by atoms with Gasteiger partial charge in [-0.1, -0.05) is 23.2 Å². The van der Waals surface area contributed by atoms with Crippen molar-refractivity contribution in [3.63, 3.8) is 0 Å². The first kappa shape index (κ1) is 17.0. The minimum absolute atomic E-state index is 0.116. The van der Waals surface area contributed by atoms with Gasteiger partial charge in [-0.25, -0.2) is 0 Å². The molecule has 3 rings (SSSR count). The zero-order valence-corrected chi connectivity index (χ0v) is 14.1. The van der Waals surface area contributed by atoms with E-state index in [9.17, 15) is 14.4 Å². The van der Waals surface area contributed by atoms with Gasteiger partial charge in [0.25, 0.3) is 11.8 Å². The summed E-state index contributed by atoms with van der Waals surface area (Å²) >= 11 is 11.7. The Labute approximate surface area is 152 Å². The van der Waals surface area contributed by atoms with E-state index in [-0.39, 0.29) is 21.2 Å². The molecule has 0 spiro atoms. The lowest BCUT2D eigenvalue weighted by atomic mass is 10.1. The van der Waals surface area contributed by atoms with E-state index in [0.717, 1.165) is 4.90 Å². The molecule has 2 aromatic carbocycles. The maximum absolute atomic E-state index is 12.3. The van der Waals surface area contributed by atoms with Crippen molar-refractivity contribution < 1.29 is 14.4 Å². The number of carbonyl (C=O) groups is 3. The van der Waals surface area contributed by atoms with Crippen molar-refractivity contribution >= 4 is 46.6 Å². The zero-order valence-electron chi connectivity index (χ0n) is 12.5. The van der Waals surface area contributed by atoms with Crippen LogP contribution in [0.2, 0.25) is 10.0 Å². The molecule has 0 aliphatic carbocycles. The summed E-state index contributed by atoms with van der Waals surface area (Å²) < 4.78 is 0. The third-order valence-electron chi connectivity index (χ3n) is 3.61. The second kappa shape index (κ2) is 6.55. The van der Waals surface area contributed by atoms with Gasteiger partial charge in [0.1, 0.15) is 6.54 Å². The van der Waals surface area contributed by atoms with Crippen LogP contribution in [0.3, 0.4) is 0 Å². The fourth-order valence-corrected chi connectivity index (χ4v) is 2.73. The third kappa shape index (κ3) is 3.20. The number of imide groups is 1. The van der Waals surface area contributed by atoms with Crippen LogP contribution in [-0.4, -0.2) is 29.2 Å². The zero-order chi connectivity index (χ0) is 18.1. The highest BCUT2D eigenvalue weighted by Gasteiger charge is 2.37. The Hall–Kier alpha value is -2.88. The molecule has 0 atom stereocenters. The van der Waals surface area contributed by atoms with Crippen LogP contribution in [0, 0.1) is 11.3 Å². The summed E-state index contributed by atoms with van der Waals surface area (Å²) in [5.41, 5.74) is 1.13. The van der Waals surface area contributed by atoms with Crippen LogP contribution >= 0.6 is 23.2 Å². The maximum atomic E-state index is 12.3. The largest absolute Gasteiger partial charge is 0.325 e. The van der Waals surface area contributed by atoms with Crippen molar-refractivity contribution in [2.45, 2.75) is 0 Å². The molecule has 0 unspecified atom stereocenters. The number of hydrogen-bond acceptors (Lipinski definition) is 4. The molecule has 1 aliphatic rings. The van der Waals surface area contributed by atoms with Crippen LogP contribution in [0.5, 0.6) is 0 Å². The first-order chi connectivity index (χ1) is 11.9. The van der Waals surface area contributed by atoms with Crippen LogP contribution in [0.15, 0.2) is 36.4 Å². The predicted octanol–water partition coefficient (Wildman–Crippen LogP) is 3.10. The van der Waals surface area contributed by atoms with Gasteiger partial charge in [-0.05, 0) is 36.4 Å². The Morgan fingerprint density at radius 1 is 1.04 bits per heavy atom. The highest BCUT2D eigenvalue weighted by Crippen LogP contribution is 2.31. The van der Waals surface area contributed by atoms with Crippen molar-refractivity contribution in [2.75, 3.05) is 11.9 Å². The highest BCUT2D eigenvalue weighted by atomic mass is 35.5. The molecule has 6 nitrogen and oxygen atoms in total. The molecule has 0 aromatic heterocycles. The lowest BCUT2D eigenvalue weighted by Crippen LogP contribution is -2.37. The number of hydrogen-bond donors (Lipinski definition) is 1. The van der Waals surface area contributed by atoms with Crippen molar-refractivity contribution in [3.8, 4) is 6.07 Å². The Bertz CT molecular complexity index is 908. The van der Waals surface area contributed by atoms with E-state index >= 15 is 0 Å². The van der Waals surface area contributed by atoms with Gasteiger partial charge in [-0.3, -0.25) is 19.3 Å². The fourth-order valence-electron chi connectivity index (χ4n) is 2.40. The van der Waals surface area contributed by atoms with E-state index in [1.807, 2.05) is 6.07 Å². The third-order valence-corrected chi connectivity index (χ3v) is 4.33. The number of halogens is 2. The topological polar surface area (TPSA) is 90.3 Å².